The minimum atomic E-state index is 1.14. The number of allylic oxidation sites excluding steroid dienone is 4. The molecule has 31 heavy (non-hydrogen) atoms. The molecule has 0 aromatic heterocycles. The summed E-state index contributed by atoms with van der Waals surface area (Å²) in [6, 6.07) is 22.3. The van der Waals surface area contributed by atoms with Crippen LogP contribution < -0.4 is 0 Å². The van der Waals surface area contributed by atoms with Gasteiger partial charge in [-0.3, -0.25) is 0 Å². The smallest absolute Gasteiger partial charge is 0.105 e. The Morgan fingerprint density at radius 2 is 0.968 bits per heavy atom. The van der Waals surface area contributed by atoms with Crippen molar-refractivity contribution < 1.29 is 4.48 Å². The molecule has 0 saturated heterocycles. The predicted octanol–water partition coefficient (Wildman–Crippen LogP) is 8.48. The Morgan fingerprint density at radius 1 is 0.548 bits per heavy atom. The third kappa shape index (κ3) is 10.6. The first-order valence-corrected chi connectivity index (χ1v) is 12.4. The highest BCUT2D eigenvalue weighted by molar-refractivity contribution is 5.15. The number of hydrogen-bond acceptors (Lipinski definition) is 0. The third-order valence-corrected chi connectivity index (χ3v) is 6.20. The van der Waals surface area contributed by atoms with Crippen LogP contribution in [0.5, 0.6) is 0 Å². The van der Waals surface area contributed by atoms with Crippen LogP contribution in [0.15, 0.2) is 85.0 Å². The lowest BCUT2D eigenvalue weighted by molar-refractivity contribution is -0.954. The van der Waals surface area contributed by atoms with E-state index in [-0.39, 0.29) is 0 Å². The zero-order valence-electron chi connectivity index (χ0n) is 20.0. The molecule has 2 aromatic carbocycles. The molecule has 0 aliphatic carbocycles. The van der Waals surface area contributed by atoms with Crippen LogP contribution in [0.1, 0.15) is 76.3 Å². The largest absolute Gasteiger partial charge is 0.316 e. The van der Waals surface area contributed by atoms with Crippen LogP contribution in [0.3, 0.4) is 0 Å². The first kappa shape index (κ1) is 25.1. The van der Waals surface area contributed by atoms with E-state index in [1.807, 2.05) is 0 Å². The van der Waals surface area contributed by atoms with Gasteiger partial charge in [-0.15, -0.1) is 0 Å². The van der Waals surface area contributed by atoms with E-state index in [2.05, 4.69) is 98.8 Å². The van der Waals surface area contributed by atoms with Gasteiger partial charge in [-0.1, -0.05) is 85.0 Å². The minimum Gasteiger partial charge on any atom is -0.316 e. The van der Waals surface area contributed by atoms with Crippen molar-refractivity contribution in [3.63, 3.8) is 0 Å². The zero-order chi connectivity index (χ0) is 22.0. The fraction of sp³-hybridized carbons (Fsp3) is 0.467. The van der Waals surface area contributed by atoms with E-state index in [9.17, 15) is 0 Å². The molecule has 1 nitrogen and oxygen atoms in total. The second-order valence-electron chi connectivity index (χ2n) is 8.91. The van der Waals surface area contributed by atoms with E-state index in [0.717, 1.165) is 13.1 Å². The lowest BCUT2D eigenvalue weighted by Gasteiger charge is -2.39. The van der Waals surface area contributed by atoms with Gasteiger partial charge in [0.1, 0.15) is 13.1 Å². The van der Waals surface area contributed by atoms with Crippen LogP contribution >= 0.6 is 0 Å². The normalized spacial score (nSPS) is 12.2. The van der Waals surface area contributed by atoms with E-state index >= 15 is 0 Å². The summed E-state index contributed by atoms with van der Waals surface area (Å²) in [6.45, 7) is 9.07. The fourth-order valence-corrected chi connectivity index (χ4v) is 4.53. The molecule has 1 heteroatoms. The molecule has 0 N–H and O–H groups in total. The second-order valence-corrected chi connectivity index (χ2v) is 8.91. The van der Waals surface area contributed by atoms with Crippen molar-refractivity contribution in [1.82, 2.24) is 0 Å². The maximum Gasteiger partial charge on any atom is 0.105 e. The van der Waals surface area contributed by atoms with Crippen LogP contribution in [-0.4, -0.2) is 17.6 Å². The second kappa shape index (κ2) is 15.6. The van der Waals surface area contributed by atoms with Gasteiger partial charge < -0.3 is 4.48 Å². The Hall–Kier alpha value is -2.12. The number of benzene rings is 2. The topological polar surface area (TPSA) is 0 Å². The molecule has 0 atom stereocenters. The van der Waals surface area contributed by atoms with Gasteiger partial charge >= 0.3 is 0 Å². The highest BCUT2D eigenvalue weighted by atomic mass is 15.3. The molecule has 0 amide bonds. The zero-order valence-corrected chi connectivity index (χ0v) is 20.0. The van der Waals surface area contributed by atoms with Crippen LogP contribution in [0, 0.1) is 0 Å². The molecule has 2 rings (SSSR count). The van der Waals surface area contributed by atoms with Gasteiger partial charge in [-0.2, -0.15) is 0 Å². The summed E-state index contributed by atoms with van der Waals surface area (Å²) in [4.78, 5) is 0. The van der Waals surface area contributed by atoms with Gasteiger partial charge in [0, 0.05) is 11.1 Å². The van der Waals surface area contributed by atoms with E-state index in [1.54, 1.807) is 0 Å². The summed E-state index contributed by atoms with van der Waals surface area (Å²) in [5, 5.41) is 0. The van der Waals surface area contributed by atoms with E-state index in [0.29, 0.717) is 0 Å². The van der Waals surface area contributed by atoms with Crippen molar-refractivity contribution in [3.8, 4) is 0 Å². The van der Waals surface area contributed by atoms with Gasteiger partial charge in [0.25, 0.3) is 0 Å². The Morgan fingerprint density at radius 3 is 1.35 bits per heavy atom. The van der Waals surface area contributed by atoms with Crippen molar-refractivity contribution in [2.45, 2.75) is 78.3 Å². The lowest BCUT2D eigenvalue weighted by atomic mass is 10.1. The summed E-state index contributed by atoms with van der Waals surface area (Å²) in [5.74, 6) is 0. The maximum absolute atomic E-state index is 2.32. The SMILES string of the molecule is C/C=C/CCCCC[N+](CCCCC/C=C/C)(Cc1ccccc1)Cc1ccccc1. The minimum absolute atomic E-state index is 1.14. The van der Waals surface area contributed by atoms with Gasteiger partial charge in [-0.25, -0.2) is 0 Å². The number of quaternary nitrogens is 1. The number of rotatable bonds is 16. The van der Waals surface area contributed by atoms with Gasteiger partial charge in [0.15, 0.2) is 0 Å². The maximum atomic E-state index is 2.32. The lowest BCUT2D eigenvalue weighted by Crippen LogP contribution is -2.48. The summed E-state index contributed by atoms with van der Waals surface area (Å²) in [7, 11) is 0. The van der Waals surface area contributed by atoms with Gasteiger partial charge in [-0.05, 0) is 65.2 Å². The number of unbranched alkanes of at least 4 members (excludes halogenated alkanes) is 6. The molecule has 0 heterocycles. The fourth-order valence-electron chi connectivity index (χ4n) is 4.53. The molecule has 0 unspecified atom stereocenters. The van der Waals surface area contributed by atoms with Crippen molar-refractivity contribution in [1.29, 1.82) is 0 Å². The molecular formula is C30H44N+. The third-order valence-electron chi connectivity index (χ3n) is 6.20. The summed E-state index contributed by atoms with van der Waals surface area (Å²) in [6.07, 6.45) is 19.3. The van der Waals surface area contributed by atoms with Crippen molar-refractivity contribution in [2.75, 3.05) is 13.1 Å². The van der Waals surface area contributed by atoms with E-state index in [1.165, 1.54) is 80.1 Å². The molecule has 0 aliphatic rings. The highest BCUT2D eigenvalue weighted by Gasteiger charge is 2.27. The van der Waals surface area contributed by atoms with Crippen molar-refractivity contribution >= 4 is 0 Å². The molecule has 0 radical (unpaired) electrons. The molecule has 0 fully saturated rings. The standard InChI is InChI=1S/C30H44N/c1-3-5-7-9-11-19-25-31(26-20-12-10-8-6-4-2,27-29-21-15-13-16-22-29)28-30-23-17-14-18-24-30/h3-6,13-18,21-24H,7-12,19-20,25-28H2,1-2H3/q+1/b5-3+,6-4+. The molecule has 2 aromatic rings. The highest BCUT2D eigenvalue weighted by Crippen LogP contribution is 2.23. The molecular weight excluding hydrogens is 374 g/mol. The average Bonchev–Trinajstić information content (AvgIpc) is 2.80. The van der Waals surface area contributed by atoms with E-state index in [4.69, 9.17) is 0 Å². The monoisotopic (exact) mass is 418 g/mol. The molecule has 168 valence electrons. The quantitative estimate of drug-likeness (QED) is 0.146. The summed E-state index contributed by atoms with van der Waals surface area (Å²) < 4.78 is 1.18. The number of nitrogens with zero attached hydrogens (tertiary/aromatic N) is 1. The van der Waals surface area contributed by atoms with Crippen molar-refractivity contribution in [3.05, 3.63) is 96.1 Å². The average molecular weight is 419 g/mol. The van der Waals surface area contributed by atoms with Gasteiger partial charge in [0.2, 0.25) is 0 Å². The predicted molar refractivity (Wildman–Crippen MR) is 137 cm³/mol. The van der Waals surface area contributed by atoms with Crippen LogP contribution in [0.4, 0.5) is 0 Å². The molecule has 0 saturated carbocycles. The number of hydrogen-bond donors (Lipinski definition) is 0. The molecule has 0 spiro atoms. The first-order chi connectivity index (χ1) is 15.3. The Kier molecular flexibility index (Phi) is 12.7. The van der Waals surface area contributed by atoms with Crippen LogP contribution in [0.25, 0.3) is 0 Å². The summed E-state index contributed by atoms with van der Waals surface area (Å²) >= 11 is 0. The Labute approximate surface area is 192 Å². The first-order valence-electron chi connectivity index (χ1n) is 12.4. The van der Waals surface area contributed by atoms with Gasteiger partial charge in [0.05, 0.1) is 13.1 Å². The van der Waals surface area contributed by atoms with Crippen molar-refractivity contribution in [2.24, 2.45) is 0 Å². The molecule has 0 aliphatic heterocycles. The molecule has 0 bridgehead atoms. The Balaban J connectivity index is 2.11. The van der Waals surface area contributed by atoms with Crippen LogP contribution in [0.2, 0.25) is 0 Å². The Bertz CT molecular complexity index is 664. The van der Waals surface area contributed by atoms with E-state index < -0.39 is 0 Å². The van der Waals surface area contributed by atoms with Crippen LogP contribution in [-0.2, 0) is 13.1 Å². The summed E-state index contributed by atoms with van der Waals surface area (Å²) in [5.41, 5.74) is 2.95.